The third-order valence-corrected chi connectivity index (χ3v) is 3.65. The Morgan fingerprint density at radius 2 is 2.05 bits per heavy atom. The van der Waals surface area contributed by atoms with Gasteiger partial charge in [0.05, 0.1) is 0 Å². The monoisotopic (exact) mass is 315 g/mol. The summed E-state index contributed by atoms with van der Waals surface area (Å²) in [7, 11) is 2.05. The van der Waals surface area contributed by atoms with Gasteiger partial charge in [-0.25, -0.2) is 4.98 Å². The number of aromatic amines is 1. The summed E-state index contributed by atoms with van der Waals surface area (Å²) in [4.78, 5) is 9.85. The van der Waals surface area contributed by atoms with E-state index in [1.165, 1.54) is 16.5 Å². The molecule has 0 atom stereocenters. The Labute approximate surface area is 120 Å². The molecule has 1 aromatic carbocycles. The number of benzene rings is 1. The molecule has 3 rings (SSSR count). The molecule has 0 spiro atoms. The van der Waals surface area contributed by atoms with Crippen LogP contribution in [0, 0.1) is 0 Å². The SMILES string of the molecule is CN(Cc1c[nH]c2ccccc12)c1ccc(Br)cn1. The summed E-state index contributed by atoms with van der Waals surface area (Å²) in [5.41, 5.74) is 2.46. The van der Waals surface area contributed by atoms with Crippen molar-refractivity contribution in [2.45, 2.75) is 6.54 Å². The van der Waals surface area contributed by atoms with E-state index in [2.05, 4.69) is 62.2 Å². The van der Waals surface area contributed by atoms with Crippen molar-refractivity contribution in [2.24, 2.45) is 0 Å². The standard InChI is InChI=1S/C15H14BrN3/c1-19(15-7-6-12(16)9-18-15)10-11-8-17-14-5-3-2-4-13(11)14/h2-9,17H,10H2,1H3. The van der Waals surface area contributed by atoms with Crippen molar-refractivity contribution in [3.63, 3.8) is 0 Å². The van der Waals surface area contributed by atoms with Crippen molar-refractivity contribution >= 4 is 32.7 Å². The van der Waals surface area contributed by atoms with Gasteiger partial charge < -0.3 is 9.88 Å². The van der Waals surface area contributed by atoms with Gasteiger partial charge in [-0.05, 0) is 39.7 Å². The Bertz CT molecular complexity index is 688. The van der Waals surface area contributed by atoms with Gasteiger partial charge in [0.15, 0.2) is 0 Å². The summed E-state index contributed by atoms with van der Waals surface area (Å²) < 4.78 is 0.997. The zero-order valence-electron chi connectivity index (χ0n) is 10.6. The van der Waals surface area contributed by atoms with Gasteiger partial charge in [0.25, 0.3) is 0 Å². The summed E-state index contributed by atoms with van der Waals surface area (Å²) in [6.45, 7) is 0.832. The van der Waals surface area contributed by atoms with Crippen LogP contribution in [0.3, 0.4) is 0 Å². The summed E-state index contributed by atoms with van der Waals surface area (Å²) in [5.74, 6) is 0.966. The minimum absolute atomic E-state index is 0.832. The number of halogens is 1. The Kier molecular flexibility index (Phi) is 3.25. The predicted molar refractivity (Wildman–Crippen MR) is 82.3 cm³/mol. The lowest BCUT2D eigenvalue weighted by Crippen LogP contribution is -2.17. The van der Waals surface area contributed by atoms with Crippen molar-refractivity contribution in [3.05, 3.63) is 58.8 Å². The Morgan fingerprint density at radius 1 is 1.21 bits per heavy atom. The molecular weight excluding hydrogens is 302 g/mol. The van der Waals surface area contributed by atoms with Gasteiger partial charge in [-0.2, -0.15) is 0 Å². The zero-order valence-corrected chi connectivity index (χ0v) is 12.2. The molecule has 0 saturated heterocycles. The molecule has 0 amide bonds. The van der Waals surface area contributed by atoms with E-state index < -0.39 is 0 Å². The van der Waals surface area contributed by atoms with Crippen LogP contribution in [-0.4, -0.2) is 17.0 Å². The smallest absolute Gasteiger partial charge is 0.128 e. The highest BCUT2D eigenvalue weighted by atomic mass is 79.9. The first kappa shape index (κ1) is 12.2. The third-order valence-electron chi connectivity index (χ3n) is 3.19. The molecule has 0 saturated carbocycles. The minimum atomic E-state index is 0.832. The van der Waals surface area contributed by atoms with Crippen molar-refractivity contribution in [1.82, 2.24) is 9.97 Å². The quantitative estimate of drug-likeness (QED) is 0.793. The second-order valence-electron chi connectivity index (χ2n) is 4.55. The van der Waals surface area contributed by atoms with Crippen molar-refractivity contribution in [1.29, 1.82) is 0 Å². The van der Waals surface area contributed by atoms with Crippen LogP contribution in [0.5, 0.6) is 0 Å². The van der Waals surface area contributed by atoms with E-state index in [4.69, 9.17) is 0 Å². The normalized spacial score (nSPS) is 10.8. The fourth-order valence-electron chi connectivity index (χ4n) is 2.19. The highest BCUT2D eigenvalue weighted by Gasteiger charge is 2.07. The zero-order chi connectivity index (χ0) is 13.2. The molecule has 0 radical (unpaired) electrons. The van der Waals surface area contributed by atoms with E-state index in [0.717, 1.165) is 16.8 Å². The number of aromatic nitrogens is 2. The number of nitrogens with zero attached hydrogens (tertiary/aromatic N) is 2. The highest BCUT2D eigenvalue weighted by Crippen LogP contribution is 2.21. The maximum Gasteiger partial charge on any atom is 0.128 e. The number of nitrogens with one attached hydrogen (secondary N) is 1. The molecule has 4 heteroatoms. The number of hydrogen-bond donors (Lipinski definition) is 1. The molecular formula is C15H14BrN3. The fraction of sp³-hybridized carbons (Fsp3) is 0.133. The van der Waals surface area contributed by atoms with Crippen LogP contribution in [0.1, 0.15) is 5.56 Å². The van der Waals surface area contributed by atoms with Gasteiger partial charge in [0, 0.05) is 41.4 Å². The molecule has 0 bridgehead atoms. The molecule has 19 heavy (non-hydrogen) atoms. The summed E-state index contributed by atoms with van der Waals surface area (Å²) >= 11 is 3.40. The Hall–Kier alpha value is -1.81. The van der Waals surface area contributed by atoms with Crippen LogP contribution >= 0.6 is 15.9 Å². The summed E-state index contributed by atoms with van der Waals surface area (Å²) in [5, 5.41) is 1.27. The first-order valence-electron chi connectivity index (χ1n) is 6.12. The van der Waals surface area contributed by atoms with Crippen molar-refractivity contribution in [2.75, 3.05) is 11.9 Å². The molecule has 0 aliphatic carbocycles. The first-order valence-corrected chi connectivity index (χ1v) is 6.91. The van der Waals surface area contributed by atoms with E-state index >= 15 is 0 Å². The number of rotatable bonds is 3. The lowest BCUT2D eigenvalue weighted by atomic mass is 10.1. The summed E-state index contributed by atoms with van der Waals surface area (Å²) in [6, 6.07) is 12.4. The lowest BCUT2D eigenvalue weighted by molar-refractivity contribution is 0.903. The minimum Gasteiger partial charge on any atom is -0.361 e. The molecule has 3 aromatic rings. The van der Waals surface area contributed by atoms with Gasteiger partial charge >= 0.3 is 0 Å². The molecule has 2 heterocycles. The Morgan fingerprint density at radius 3 is 2.84 bits per heavy atom. The second kappa shape index (κ2) is 5.05. The third kappa shape index (κ3) is 2.49. The van der Waals surface area contributed by atoms with Crippen LogP contribution in [0.15, 0.2) is 53.3 Å². The molecule has 2 aromatic heterocycles. The van der Waals surface area contributed by atoms with Crippen LogP contribution < -0.4 is 4.90 Å². The van der Waals surface area contributed by atoms with Gasteiger partial charge in [-0.3, -0.25) is 0 Å². The van der Waals surface area contributed by atoms with Gasteiger partial charge in [0.1, 0.15) is 5.82 Å². The average molecular weight is 316 g/mol. The van der Waals surface area contributed by atoms with E-state index in [1.54, 1.807) is 0 Å². The molecule has 0 aliphatic rings. The van der Waals surface area contributed by atoms with Gasteiger partial charge in [-0.15, -0.1) is 0 Å². The molecule has 0 fully saturated rings. The average Bonchev–Trinajstić information content (AvgIpc) is 2.83. The maximum atomic E-state index is 4.41. The molecule has 0 aliphatic heterocycles. The first-order chi connectivity index (χ1) is 9.24. The predicted octanol–water partition coefficient (Wildman–Crippen LogP) is 3.96. The number of H-pyrrole nitrogens is 1. The Balaban J connectivity index is 1.86. The number of para-hydroxylation sites is 1. The van der Waals surface area contributed by atoms with Gasteiger partial charge in [-0.1, -0.05) is 18.2 Å². The van der Waals surface area contributed by atoms with Crippen LogP contribution in [0.25, 0.3) is 10.9 Å². The van der Waals surface area contributed by atoms with E-state index in [1.807, 2.05) is 24.4 Å². The number of fused-ring (bicyclic) bond motifs is 1. The number of hydrogen-bond acceptors (Lipinski definition) is 2. The fourth-order valence-corrected chi connectivity index (χ4v) is 2.43. The number of anilines is 1. The molecule has 0 unspecified atom stereocenters. The lowest BCUT2D eigenvalue weighted by Gasteiger charge is -2.17. The second-order valence-corrected chi connectivity index (χ2v) is 5.47. The van der Waals surface area contributed by atoms with E-state index in [9.17, 15) is 0 Å². The molecule has 1 N–H and O–H groups in total. The van der Waals surface area contributed by atoms with Crippen molar-refractivity contribution in [3.8, 4) is 0 Å². The topological polar surface area (TPSA) is 31.9 Å². The van der Waals surface area contributed by atoms with E-state index in [-0.39, 0.29) is 0 Å². The highest BCUT2D eigenvalue weighted by molar-refractivity contribution is 9.10. The van der Waals surface area contributed by atoms with E-state index in [0.29, 0.717) is 0 Å². The van der Waals surface area contributed by atoms with Crippen molar-refractivity contribution < 1.29 is 0 Å². The molecule has 3 nitrogen and oxygen atoms in total. The molecule has 96 valence electrons. The van der Waals surface area contributed by atoms with Gasteiger partial charge in [0.2, 0.25) is 0 Å². The van der Waals surface area contributed by atoms with Crippen LogP contribution in [0.4, 0.5) is 5.82 Å². The summed E-state index contributed by atoms with van der Waals surface area (Å²) in [6.07, 6.45) is 3.89. The maximum absolute atomic E-state index is 4.41. The van der Waals surface area contributed by atoms with Crippen LogP contribution in [-0.2, 0) is 6.54 Å². The largest absolute Gasteiger partial charge is 0.361 e. The van der Waals surface area contributed by atoms with Crippen LogP contribution in [0.2, 0.25) is 0 Å². The number of pyridine rings is 1.